The molecule has 0 bridgehead atoms. The van der Waals surface area contributed by atoms with Gasteiger partial charge in [0.25, 0.3) is 11.8 Å². The number of hydrogen-bond acceptors (Lipinski definition) is 4. The lowest BCUT2D eigenvalue weighted by atomic mass is 9.99. The summed E-state index contributed by atoms with van der Waals surface area (Å²) in [6.45, 7) is 7.81. The van der Waals surface area contributed by atoms with Gasteiger partial charge in [0.2, 0.25) is 0 Å². The van der Waals surface area contributed by atoms with Gasteiger partial charge < -0.3 is 10.1 Å². The molecular formula is C27H25FN2O3. The van der Waals surface area contributed by atoms with E-state index >= 15 is 0 Å². The van der Waals surface area contributed by atoms with Gasteiger partial charge in [-0.05, 0) is 86.8 Å². The molecule has 1 aliphatic heterocycles. The molecule has 0 aromatic heterocycles. The van der Waals surface area contributed by atoms with Gasteiger partial charge in [0.1, 0.15) is 17.3 Å². The zero-order valence-corrected chi connectivity index (χ0v) is 19.0. The maximum atomic E-state index is 13.9. The van der Waals surface area contributed by atoms with E-state index < -0.39 is 17.6 Å². The highest BCUT2D eigenvalue weighted by molar-refractivity contribution is 6.46. The Morgan fingerprint density at radius 3 is 2.24 bits per heavy atom. The van der Waals surface area contributed by atoms with Crippen LogP contribution in [-0.2, 0) is 9.59 Å². The molecular weight excluding hydrogens is 419 g/mol. The van der Waals surface area contributed by atoms with Crippen LogP contribution in [0.3, 0.4) is 0 Å². The highest BCUT2D eigenvalue weighted by atomic mass is 19.1. The third-order valence-electron chi connectivity index (χ3n) is 5.44. The van der Waals surface area contributed by atoms with Gasteiger partial charge in [0.15, 0.2) is 0 Å². The minimum absolute atomic E-state index is 0.0387. The van der Waals surface area contributed by atoms with Gasteiger partial charge in [-0.2, -0.15) is 0 Å². The predicted molar refractivity (Wildman–Crippen MR) is 128 cm³/mol. The molecule has 0 spiro atoms. The van der Waals surface area contributed by atoms with Crippen LogP contribution in [0, 0.1) is 19.7 Å². The number of carbonyl (C=O) groups is 2. The number of amides is 2. The van der Waals surface area contributed by atoms with Crippen molar-refractivity contribution in [3.8, 4) is 5.75 Å². The quantitative estimate of drug-likeness (QED) is 0.501. The Morgan fingerprint density at radius 2 is 1.61 bits per heavy atom. The molecule has 0 saturated carbocycles. The van der Waals surface area contributed by atoms with Crippen molar-refractivity contribution in [1.82, 2.24) is 0 Å². The second-order valence-corrected chi connectivity index (χ2v) is 8.29. The molecule has 6 heteroatoms. The average Bonchev–Trinajstić information content (AvgIpc) is 3.00. The van der Waals surface area contributed by atoms with E-state index in [2.05, 4.69) is 5.32 Å². The number of nitrogens with one attached hydrogen (secondary N) is 1. The third kappa shape index (κ3) is 4.51. The molecule has 5 nitrogen and oxygen atoms in total. The number of nitrogens with zero attached hydrogens (tertiary/aromatic N) is 1. The van der Waals surface area contributed by atoms with Crippen LogP contribution >= 0.6 is 0 Å². The molecule has 0 radical (unpaired) electrons. The van der Waals surface area contributed by atoms with Crippen LogP contribution in [0.5, 0.6) is 5.75 Å². The summed E-state index contributed by atoms with van der Waals surface area (Å²) in [6.07, 6.45) is 0.0387. The molecule has 0 atom stereocenters. The summed E-state index contributed by atoms with van der Waals surface area (Å²) in [5.41, 5.74) is 3.90. The summed E-state index contributed by atoms with van der Waals surface area (Å²) >= 11 is 0. The fourth-order valence-corrected chi connectivity index (χ4v) is 3.69. The van der Waals surface area contributed by atoms with E-state index in [1.807, 2.05) is 45.9 Å². The number of ether oxygens (including phenoxy) is 1. The number of hydrogen-bond donors (Lipinski definition) is 1. The van der Waals surface area contributed by atoms with Crippen LogP contribution in [0.4, 0.5) is 15.8 Å². The van der Waals surface area contributed by atoms with E-state index in [-0.39, 0.29) is 23.1 Å². The van der Waals surface area contributed by atoms with Crippen molar-refractivity contribution >= 4 is 28.8 Å². The first-order valence-electron chi connectivity index (χ1n) is 10.7. The first-order chi connectivity index (χ1) is 15.7. The SMILES string of the molecule is Cc1ccc(C2=C(Nc3ccc(OC(C)C)cc3)C(=O)N(c3cccc(F)c3)C2=O)cc1C. The van der Waals surface area contributed by atoms with Crippen LogP contribution in [0.15, 0.2) is 72.4 Å². The first-order valence-corrected chi connectivity index (χ1v) is 10.7. The topological polar surface area (TPSA) is 58.6 Å². The Morgan fingerprint density at radius 1 is 0.879 bits per heavy atom. The zero-order valence-electron chi connectivity index (χ0n) is 19.0. The fourth-order valence-electron chi connectivity index (χ4n) is 3.69. The van der Waals surface area contributed by atoms with Crippen molar-refractivity contribution in [2.24, 2.45) is 0 Å². The molecule has 33 heavy (non-hydrogen) atoms. The lowest BCUT2D eigenvalue weighted by molar-refractivity contribution is -0.120. The predicted octanol–water partition coefficient (Wildman–Crippen LogP) is 5.63. The highest BCUT2D eigenvalue weighted by Gasteiger charge is 2.40. The Labute approximate surface area is 192 Å². The zero-order chi connectivity index (χ0) is 23.7. The minimum Gasteiger partial charge on any atom is -0.491 e. The highest BCUT2D eigenvalue weighted by Crippen LogP contribution is 2.34. The average molecular weight is 445 g/mol. The summed E-state index contributed by atoms with van der Waals surface area (Å²) in [4.78, 5) is 27.9. The number of aryl methyl sites for hydroxylation is 2. The molecule has 0 fully saturated rings. The van der Waals surface area contributed by atoms with Gasteiger partial charge in [-0.25, -0.2) is 9.29 Å². The number of imide groups is 1. The third-order valence-corrected chi connectivity index (χ3v) is 5.44. The van der Waals surface area contributed by atoms with Crippen molar-refractivity contribution < 1.29 is 18.7 Å². The van der Waals surface area contributed by atoms with Crippen LogP contribution < -0.4 is 15.0 Å². The number of rotatable bonds is 6. The first kappa shape index (κ1) is 22.3. The normalized spacial score (nSPS) is 13.8. The smallest absolute Gasteiger partial charge is 0.282 e. The van der Waals surface area contributed by atoms with Gasteiger partial charge >= 0.3 is 0 Å². The number of benzene rings is 3. The molecule has 4 rings (SSSR count). The molecule has 0 aliphatic carbocycles. The van der Waals surface area contributed by atoms with Gasteiger partial charge in [0, 0.05) is 5.69 Å². The standard InChI is InChI=1S/C27H25FN2O3/c1-16(2)33-23-12-10-21(11-13-23)29-25-24(19-9-8-17(3)18(4)14-19)26(31)30(27(25)32)22-7-5-6-20(28)15-22/h5-16,29H,1-4H3. The summed E-state index contributed by atoms with van der Waals surface area (Å²) in [6, 6.07) is 18.2. The molecule has 1 aliphatic rings. The van der Waals surface area contributed by atoms with E-state index in [4.69, 9.17) is 4.74 Å². The number of carbonyl (C=O) groups excluding carboxylic acids is 2. The van der Waals surface area contributed by atoms with E-state index in [0.29, 0.717) is 17.0 Å². The Bertz CT molecular complexity index is 1260. The van der Waals surface area contributed by atoms with Gasteiger partial charge in [-0.15, -0.1) is 0 Å². The summed E-state index contributed by atoms with van der Waals surface area (Å²) in [5.74, 6) is -0.866. The Balaban J connectivity index is 1.77. The summed E-state index contributed by atoms with van der Waals surface area (Å²) < 4.78 is 19.5. The van der Waals surface area contributed by atoms with Crippen molar-refractivity contribution in [2.45, 2.75) is 33.8 Å². The molecule has 168 valence electrons. The minimum atomic E-state index is -0.540. The Kier molecular flexibility index (Phi) is 6.01. The number of anilines is 2. The fraction of sp³-hybridized carbons (Fsp3) is 0.185. The lowest BCUT2D eigenvalue weighted by Gasteiger charge is -2.15. The van der Waals surface area contributed by atoms with E-state index in [9.17, 15) is 14.0 Å². The summed E-state index contributed by atoms with van der Waals surface area (Å²) in [7, 11) is 0. The molecule has 3 aromatic carbocycles. The maximum Gasteiger partial charge on any atom is 0.282 e. The van der Waals surface area contributed by atoms with E-state index in [0.717, 1.165) is 16.0 Å². The van der Waals surface area contributed by atoms with Gasteiger partial charge in [-0.1, -0.05) is 24.3 Å². The largest absolute Gasteiger partial charge is 0.491 e. The van der Waals surface area contributed by atoms with Crippen LogP contribution in [0.25, 0.3) is 5.57 Å². The summed E-state index contributed by atoms with van der Waals surface area (Å²) in [5, 5.41) is 3.12. The molecule has 3 aromatic rings. The van der Waals surface area contributed by atoms with Crippen molar-refractivity contribution in [2.75, 3.05) is 10.2 Å². The maximum absolute atomic E-state index is 13.9. The van der Waals surface area contributed by atoms with Gasteiger partial charge in [0.05, 0.1) is 17.4 Å². The monoisotopic (exact) mass is 444 g/mol. The van der Waals surface area contributed by atoms with Crippen molar-refractivity contribution in [1.29, 1.82) is 0 Å². The number of halogens is 1. The molecule has 1 N–H and O–H groups in total. The van der Waals surface area contributed by atoms with Gasteiger partial charge in [-0.3, -0.25) is 9.59 Å². The molecule has 0 saturated heterocycles. The molecule has 2 amide bonds. The van der Waals surface area contributed by atoms with Crippen molar-refractivity contribution in [3.63, 3.8) is 0 Å². The molecule has 1 heterocycles. The van der Waals surface area contributed by atoms with E-state index in [1.54, 1.807) is 24.3 Å². The van der Waals surface area contributed by atoms with Crippen LogP contribution in [0.1, 0.15) is 30.5 Å². The molecule has 0 unspecified atom stereocenters. The van der Waals surface area contributed by atoms with Crippen LogP contribution in [-0.4, -0.2) is 17.9 Å². The van der Waals surface area contributed by atoms with Crippen LogP contribution in [0.2, 0.25) is 0 Å². The van der Waals surface area contributed by atoms with Crippen molar-refractivity contribution in [3.05, 3.63) is 94.9 Å². The van der Waals surface area contributed by atoms with E-state index in [1.165, 1.54) is 24.3 Å². The Hall–Kier alpha value is -3.93. The lowest BCUT2D eigenvalue weighted by Crippen LogP contribution is -2.32. The second kappa shape index (κ2) is 8.90. The second-order valence-electron chi connectivity index (χ2n) is 8.29.